The molecule has 2 atom stereocenters. The van der Waals surface area contributed by atoms with E-state index in [1.165, 1.54) is 20.1 Å². The smallest absolute Gasteiger partial charge is 0.333 e. The Morgan fingerprint density at radius 2 is 2.00 bits per heavy atom. The minimum absolute atomic E-state index is 0.0675. The first-order valence-corrected chi connectivity index (χ1v) is 7.74. The Hall–Kier alpha value is -0.410. The van der Waals surface area contributed by atoms with Gasteiger partial charge in [0.05, 0.1) is 0 Å². The van der Waals surface area contributed by atoms with Crippen LogP contribution in [0, 0.1) is 0 Å². The molecule has 0 aliphatic carbocycles. The van der Waals surface area contributed by atoms with Gasteiger partial charge in [-0.15, -0.1) is 0 Å². The lowest BCUT2D eigenvalue weighted by atomic mass is 10.1. The Morgan fingerprint density at radius 3 is 2.50 bits per heavy atom. The second-order valence-electron chi connectivity index (χ2n) is 3.95. The summed E-state index contributed by atoms with van der Waals surface area (Å²) in [4.78, 5) is 0. The summed E-state index contributed by atoms with van der Waals surface area (Å²) in [5, 5.41) is 5.62. The van der Waals surface area contributed by atoms with Crippen molar-refractivity contribution in [3.05, 3.63) is 33.8 Å². The van der Waals surface area contributed by atoms with Crippen LogP contribution < -0.4 is 5.14 Å². The summed E-state index contributed by atoms with van der Waals surface area (Å²) in [6.07, 6.45) is -1.67. The van der Waals surface area contributed by atoms with Gasteiger partial charge in [0, 0.05) is 22.7 Å². The molecule has 0 aliphatic rings. The molecule has 0 fully saturated rings. The molecule has 20 heavy (non-hydrogen) atoms. The van der Waals surface area contributed by atoms with Gasteiger partial charge in [-0.2, -0.15) is 8.42 Å². The van der Waals surface area contributed by atoms with E-state index in [0.717, 1.165) is 0 Å². The Labute approximate surface area is 128 Å². The van der Waals surface area contributed by atoms with Crippen molar-refractivity contribution < 1.29 is 22.1 Å². The summed E-state index contributed by atoms with van der Waals surface area (Å²) in [6, 6.07) is 4.74. The van der Waals surface area contributed by atoms with Gasteiger partial charge < -0.3 is 9.47 Å². The highest BCUT2D eigenvalue weighted by atomic mass is 35.5. The van der Waals surface area contributed by atoms with Crippen molar-refractivity contribution in [2.24, 2.45) is 5.14 Å². The number of hydrogen-bond acceptors (Lipinski definition) is 5. The summed E-state index contributed by atoms with van der Waals surface area (Å²) in [6.45, 7) is 1.43. The van der Waals surface area contributed by atoms with E-state index in [4.69, 9.17) is 42.0 Å². The second kappa shape index (κ2) is 7.56. The average Bonchev–Trinajstić information content (AvgIpc) is 2.29. The number of hydrogen-bond donors (Lipinski definition) is 1. The van der Waals surface area contributed by atoms with Crippen molar-refractivity contribution in [1.82, 2.24) is 0 Å². The summed E-state index contributed by atoms with van der Waals surface area (Å²) < 4.78 is 36.9. The molecule has 0 saturated carbocycles. The maximum atomic E-state index is 11.0. The molecule has 1 aromatic rings. The minimum atomic E-state index is -4.11. The summed E-state index contributed by atoms with van der Waals surface area (Å²) >= 11 is 11.9. The molecule has 2 N–H and O–H groups in total. The van der Waals surface area contributed by atoms with Gasteiger partial charge in [0.2, 0.25) is 0 Å². The predicted octanol–water partition coefficient (Wildman–Crippen LogP) is 2.26. The molecular weight excluding hydrogens is 329 g/mol. The molecular formula is C11H15Cl2NO5S. The molecule has 0 bridgehead atoms. The fourth-order valence-corrected chi connectivity index (χ4v) is 2.65. The first-order chi connectivity index (χ1) is 9.24. The van der Waals surface area contributed by atoms with E-state index in [0.29, 0.717) is 15.6 Å². The van der Waals surface area contributed by atoms with Crippen LogP contribution in [-0.4, -0.2) is 28.4 Å². The molecule has 1 aromatic carbocycles. The second-order valence-corrected chi connectivity index (χ2v) is 5.98. The maximum absolute atomic E-state index is 11.0. The van der Waals surface area contributed by atoms with Crippen LogP contribution in [-0.2, 0) is 24.0 Å². The molecule has 6 nitrogen and oxygen atoms in total. The average molecular weight is 344 g/mol. The number of benzene rings is 1. The zero-order chi connectivity index (χ0) is 15.3. The van der Waals surface area contributed by atoms with Crippen LogP contribution in [0.25, 0.3) is 0 Å². The number of methoxy groups -OCH3 is 1. The van der Waals surface area contributed by atoms with Crippen molar-refractivity contribution in [3.63, 3.8) is 0 Å². The first-order valence-electron chi connectivity index (χ1n) is 5.51. The fraction of sp³-hybridized carbons (Fsp3) is 0.455. The van der Waals surface area contributed by atoms with Gasteiger partial charge in [-0.05, 0) is 19.1 Å². The molecule has 114 valence electrons. The standard InChI is InChI=1S/C11H15Cl2NO5S/c1-7(19-20(14,15)16)11(18-6-17-2)9-4-3-8(12)5-10(9)13/h3-5,7,11H,6H2,1-2H3,(H2,14,15,16)/t7-,11+/m1/s1. The monoisotopic (exact) mass is 343 g/mol. The summed E-state index contributed by atoms with van der Waals surface area (Å²) in [5.41, 5.74) is 0.518. The zero-order valence-corrected chi connectivity index (χ0v) is 13.2. The third-order valence-corrected chi connectivity index (χ3v) is 3.48. The highest BCUT2D eigenvalue weighted by Gasteiger charge is 2.26. The van der Waals surface area contributed by atoms with Gasteiger partial charge in [-0.3, -0.25) is 4.18 Å². The quantitative estimate of drug-likeness (QED) is 0.767. The summed E-state index contributed by atoms with van der Waals surface area (Å²) in [5.74, 6) is 0. The molecule has 0 heterocycles. The van der Waals surface area contributed by atoms with Crippen molar-refractivity contribution >= 4 is 33.5 Å². The minimum Gasteiger partial charge on any atom is -0.359 e. The van der Waals surface area contributed by atoms with Crippen LogP contribution in [0.5, 0.6) is 0 Å². The van der Waals surface area contributed by atoms with Gasteiger partial charge in [0.15, 0.2) is 0 Å². The van der Waals surface area contributed by atoms with Crippen LogP contribution in [0.1, 0.15) is 18.6 Å². The molecule has 0 aliphatic heterocycles. The Morgan fingerprint density at radius 1 is 1.35 bits per heavy atom. The third kappa shape index (κ3) is 5.53. The van der Waals surface area contributed by atoms with E-state index < -0.39 is 22.5 Å². The molecule has 0 aromatic heterocycles. The summed E-state index contributed by atoms with van der Waals surface area (Å²) in [7, 11) is -2.68. The normalized spacial score (nSPS) is 15.1. The van der Waals surface area contributed by atoms with Crippen LogP contribution in [0.4, 0.5) is 0 Å². The van der Waals surface area contributed by atoms with Gasteiger partial charge in [-0.25, -0.2) is 5.14 Å². The lowest BCUT2D eigenvalue weighted by molar-refractivity contribution is -0.104. The van der Waals surface area contributed by atoms with Crippen molar-refractivity contribution in [1.29, 1.82) is 0 Å². The molecule has 0 amide bonds. The predicted molar refractivity (Wildman–Crippen MR) is 75.8 cm³/mol. The van der Waals surface area contributed by atoms with E-state index in [9.17, 15) is 8.42 Å². The van der Waals surface area contributed by atoms with E-state index in [1.807, 2.05) is 0 Å². The Balaban J connectivity index is 3.04. The first kappa shape index (κ1) is 17.6. The number of nitrogens with two attached hydrogens (primary N) is 1. The lowest BCUT2D eigenvalue weighted by Gasteiger charge is -2.24. The van der Waals surface area contributed by atoms with E-state index in [2.05, 4.69) is 0 Å². The van der Waals surface area contributed by atoms with Crippen molar-refractivity contribution in [3.8, 4) is 0 Å². The lowest BCUT2D eigenvalue weighted by Crippen LogP contribution is -2.29. The molecule has 1 rings (SSSR count). The van der Waals surface area contributed by atoms with E-state index in [1.54, 1.807) is 12.1 Å². The van der Waals surface area contributed by atoms with Gasteiger partial charge in [-0.1, -0.05) is 29.3 Å². The Bertz CT molecular complexity index is 552. The van der Waals surface area contributed by atoms with Crippen molar-refractivity contribution in [2.45, 2.75) is 19.1 Å². The molecule has 0 radical (unpaired) electrons. The van der Waals surface area contributed by atoms with Gasteiger partial charge in [0.1, 0.15) is 19.0 Å². The van der Waals surface area contributed by atoms with E-state index in [-0.39, 0.29) is 6.79 Å². The van der Waals surface area contributed by atoms with Crippen LogP contribution in [0.2, 0.25) is 10.0 Å². The molecule has 9 heteroatoms. The largest absolute Gasteiger partial charge is 0.359 e. The third-order valence-electron chi connectivity index (χ3n) is 2.35. The van der Waals surface area contributed by atoms with Gasteiger partial charge >= 0.3 is 10.3 Å². The van der Waals surface area contributed by atoms with Gasteiger partial charge in [0.25, 0.3) is 0 Å². The maximum Gasteiger partial charge on any atom is 0.333 e. The van der Waals surface area contributed by atoms with Crippen molar-refractivity contribution in [2.75, 3.05) is 13.9 Å². The highest BCUT2D eigenvalue weighted by molar-refractivity contribution is 7.84. The highest BCUT2D eigenvalue weighted by Crippen LogP contribution is 2.32. The fourth-order valence-electron chi connectivity index (χ4n) is 1.61. The van der Waals surface area contributed by atoms with Crippen LogP contribution in [0.3, 0.4) is 0 Å². The van der Waals surface area contributed by atoms with Crippen LogP contribution in [0.15, 0.2) is 18.2 Å². The topological polar surface area (TPSA) is 87.8 Å². The SMILES string of the molecule is COCO[C@H](c1ccc(Cl)cc1Cl)[C@@H](C)OS(N)(=O)=O. The van der Waals surface area contributed by atoms with Crippen LogP contribution >= 0.6 is 23.2 Å². The Kier molecular flexibility index (Phi) is 6.67. The molecule has 0 spiro atoms. The molecule has 0 saturated heterocycles. The number of ether oxygens (including phenoxy) is 2. The zero-order valence-electron chi connectivity index (χ0n) is 10.9. The number of halogens is 2. The molecule has 0 unspecified atom stereocenters. The van der Waals surface area contributed by atoms with E-state index >= 15 is 0 Å². The number of rotatable bonds is 7.